The summed E-state index contributed by atoms with van der Waals surface area (Å²) >= 11 is 0. The van der Waals surface area contributed by atoms with Gasteiger partial charge in [-0.15, -0.1) is 0 Å². The van der Waals surface area contributed by atoms with Crippen molar-refractivity contribution < 1.29 is 4.79 Å². The molecule has 2 aliphatic rings. The van der Waals surface area contributed by atoms with Gasteiger partial charge in [-0.25, -0.2) is 0 Å². The number of likely N-dealkylation sites (tertiary alicyclic amines) is 2. The van der Waals surface area contributed by atoms with Crippen LogP contribution in [0.3, 0.4) is 0 Å². The van der Waals surface area contributed by atoms with Gasteiger partial charge in [0.25, 0.3) is 5.91 Å². The second-order valence-corrected chi connectivity index (χ2v) is 6.00. The van der Waals surface area contributed by atoms with E-state index < -0.39 is 0 Å². The average Bonchev–Trinajstić information content (AvgIpc) is 2.90. The molecule has 2 saturated heterocycles. The molecule has 0 N–H and O–H groups in total. The van der Waals surface area contributed by atoms with E-state index in [1.54, 1.807) is 0 Å². The van der Waals surface area contributed by atoms with Gasteiger partial charge in [-0.1, -0.05) is 19.1 Å². The minimum atomic E-state index is 0.205. The maximum Gasteiger partial charge on any atom is 0.253 e. The molecule has 0 aromatic heterocycles. The van der Waals surface area contributed by atoms with Crippen molar-refractivity contribution in [1.29, 1.82) is 0 Å². The van der Waals surface area contributed by atoms with Gasteiger partial charge in [-0.2, -0.15) is 0 Å². The third kappa shape index (κ3) is 2.81. The Hall–Kier alpha value is -1.35. The number of carbonyl (C=O) groups excluding carboxylic acids is 1. The molecule has 1 aromatic carbocycles. The maximum atomic E-state index is 12.3. The van der Waals surface area contributed by atoms with Gasteiger partial charge >= 0.3 is 0 Å². The van der Waals surface area contributed by atoms with Crippen molar-refractivity contribution in [1.82, 2.24) is 9.80 Å². The zero-order valence-electron chi connectivity index (χ0n) is 11.6. The Labute approximate surface area is 115 Å². The van der Waals surface area contributed by atoms with Gasteiger partial charge in [-0.3, -0.25) is 9.69 Å². The molecule has 3 heteroatoms. The molecule has 3 nitrogen and oxygen atoms in total. The zero-order valence-corrected chi connectivity index (χ0v) is 11.6. The first-order chi connectivity index (χ1) is 9.22. The fraction of sp³-hybridized carbons (Fsp3) is 0.562. The van der Waals surface area contributed by atoms with Gasteiger partial charge in [-0.05, 0) is 36.5 Å². The Morgan fingerprint density at radius 3 is 2.68 bits per heavy atom. The van der Waals surface area contributed by atoms with Crippen LogP contribution in [0, 0.1) is 5.92 Å². The largest absolute Gasteiger partial charge is 0.339 e. The standard InChI is InChI=1S/C16H22N2O/c1-13-10-17(11-13)12-14-5-4-6-15(9-14)16(19)18-7-2-3-8-18/h4-6,9,13H,2-3,7-8,10-12H2,1H3. The third-order valence-electron chi connectivity index (χ3n) is 4.11. The zero-order chi connectivity index (χ0) is 13.2. The summed E-state index contributed by atoms with van der Waals surface area (Å²) in [5.41, 5.74) is 2.12. The van der Waals surface area contributed by atoms with Gasteiger partial charge in [0.15, 0.2) is 0 Å². The minimum absolute atomic E-state index is 0.205. The lowest BCUT2D eigenvalue weighted by Gasteiger charge is -2.37. The molecule has 0 unspecified atom stereocenters. The molecule has 2 fully saturated rings. The van der Waals surface area contributed by atoms with Gasteiger partial charge in [0.2, 0.25) is 0 Å². The van der Waals surface area contributed by atoms with Crippen molar-refractivity contribution in [3.05, 3.63) is 35.4 Å². The first-order valence-corrected chi connectivity index (χ1v) is 7.33. The number of rotatable bonds is 3. The fourth-order valence-electron chi connectivity index (χ4n) is 3.12. The highest BCUT2D eigenvalue weighted by atomic mass is 16.2. The van der Waals surface area contributed by atoms with Crippen LogP contribution < -0.4 is 0 Å². The molecule has 1 aromatic rings. The molecular formula is C16H22N2O. The van der Waals surface area contributed by atoms with Crippen LogP contribution in [-0.4, -0.2) is 41.9 Å². The van der Waals surface area contributed by atoms with Crippen LogP contribution in [0.1, 0.15) is 35.7 Å². The molecule has 102 valence electrons. The van der Waals surface area contributed by atoms with Crippen LogP contribution in [-0.2, 0) is 6.54 Å². The van der Waals surface area contributed by atoms with E-state index in [1.807, 2.05) is 17.0 Å². The molecule has 0 atom stereocenters. The number of hydrogen-bond acceptors (Lipinski definition) is 2. The van der Waals surface area contributed by atoms with E-state index in [-0.39, 0.29) is 5.91 Å². The van der Waals surface area contributed by atoms with E-state index in [2.05, 4.69) is 24.0 Å². The van der Waals surface area contributed by atoms with Crippen molar-refractivity contribution >= 4 is 5.91 Å². The van der Waals surface area contributed by atoms with E-state index in [0.29, 0.717) is 0 Å². The average molecular weight is 258 g/mol. The summed E-state index contributed by atoms with van der Waals surface area (Å²) in [5.74, 6) is 1.03. The number of benzene rings is 1. The summed E-state index contributed by atoms with van der Waals surface area (Å²) in [6.07, 6.45) is 2.30. The van der Waals surface area contributed by atoms with Gasteiger partial charge in [0.05, 0.1) is 0 Å². The number of nitrogens with zero attached hydrogens (tertiary/aromatic N) is 2. The number of amides is 1. The Morgan fingerprint density at radius 1 is 1.26 bits per heavy atom. The van der Waals surface area contributed by atoms with E-state index in [1.165, 1.54) is 18.7 Å². The summed E-state index contributed by atoms with van der Waals surface area (Å²) in [7, 11) is 0. The lowest BCUT2D eigenvalue weighted by molar-refractivity contribution is 0.0792. The van der Waals surface area contributed by atoms with Gasteiger partial charge in [0, 0.05) is 38.3 Å². The van der Waals surface area contributed by atoms with Gasteiger partial charge < -0.3 is 4.90 Å². The first-order valence-electron chi connectivity index (χ1n) is 7.33. The third-order valence-corrected chi connectivity index (χ3v) is 4.11. The SMILES string of the molecule is CC1CN(Cc2cccc(C(=O)N3CCCC3)c2)C1. The van der Waals surface area contributed by atoms with Crippen LogP contribution in [0.2, 0.25) is 0 Å². The summed E-state index contributed by atoms with van der Waals surface area (Å²) in [5, 5.41) is 0. The van der Waals surface area contributed by atoms with Crippen LogP contribution in [0.25, 0.3) is 0 Å². The summed E-state index contributed by atoms with van der Waals surface area (Å²) < 4.78 is 0. The van der Waals surface area contributed by atoms with E-state index >= 15 is 0 Å². The maximum absolute atomic E-state index is 12.3. The Kier molecular flexibility index (Phi) is 3.56. The minimum Gasteiger partial charge on any atom is -0.339 e. The van der Waals surface area contributed by atoms with E-state index in [9.17, 15) is 4.79 Å². The van der Waals surface area contributed by atoms with Crippen molar-refractivity contribution in [2.24, 2.45) is 5.92 Å². The van der Waals surface area contributed by atoms with E-state index in [0.717, 1.165) is 44.0 Å². The first kappa shape index (κ1) is 12.7. The fourth-order valence-corrected chi connectivity index (χ4v) is 3.12. The van der Waals surface area contributed by atoms with Gasteiger partial charge in [0.1, 0.15) is 0 Å². The van der Waals surface area contributed by atoms with Crippen LogP contribution in [0.5, 0.6) is 0 Å². The molecule has 0 bridgehead atoms. The molecule has 1 amide bonds. The predicted molar refractivity (Wildman–Crippen MR) is 76.0 cm³/mol. The highest BCUT2D eigenvalue weighted by Gasteiger charge is 2.23. The molecule has 19 heavy (non-hydrogen) atoms. The summed E-state index contributed by atoms with van der Waals surface area (Å²) in [6.45, 7) is 7.48. The molecule has 0 aliphatic carbocycles. The quantitative estimate of drug-likeness (QED) is 0.831. The molecule has 0 spiro atoms. The molecule has 2 aliphatic heterocycles. The van der Waals surface area contributed by atoms with Crippen molar-refractivity contribution in [2.75, 3.05) is 26.2 Å². The van der Waals surface area contributed by atoms with Crippen molar-refractivity contribution in [2.45, 2.75) is 26.3 Å². The summed E-state index contributed by atoms with van der Waals surface area (Å²) in [4.78, 5) is 16.7. The van der Waals surface area contributed by atoms with Crippen LogP contribution in [0.4, 0.5) is 0 Å². The lowest BCUT2D eigenvalue weighted by Crippen LogP contribution is -2.44. The molecule has 2 heterocycles. The molecule has 0 radical (unpaired) electrons. The Morgan fingerprint density at radius 2 is 2.00 bits per heavy atom. The second-order valence-electron chi connectivity index (χ2n) is 6.00. The predicted octanol–water partition coefficient (Wildman–Crippen LogP) is 2.37. The Balaban J connectivity index is 1.67. The lowest BCUT2D eigenvalue weighted by atomic mass is 10.0. The normalized spacial score (nSPS) is 20.6. The molecule has 0 saturated carbocycles. The monoisotopic (exact) mass is 258 g/mol. The number of carbonyl (C=O) groups is 1. The van der Waals surface area contributed by atoms with E-state index in [4.69, 9.17) is 0 Å². The van der Waals surface area contributed by atoms with Crippen molar-refractivity contribution in [3.63, 3.8) is 0 Å². The van der Waals surface area contributed by atoms with Crippen molar-refractivity contribution in [3.8, 4) is 0 Å². The highest BCUT2D eigenvalue weighted by molar-refractivity contribution is 5.94. The number of hydrogen-bond donors (Lipinski definition) is 0. The Bertz CT molecular complexity index is 460. The van der Waals surface area contributed by atoms with Crippen LogP contribution in [0.15, 0.2) is 24.3 Å². The summed E-state index contributed by atoms with van der Waals surface area (Å²) in [6, 6.07) is 8.16. The highest BCUT2D eigenvalue weighted by Crippen LogP contribution is 2.19. The van der Waals surface area contributed by atoms with Crippen LogP contribution >= 0.6 is 0 Å². The topological polar surface area (TPSA) is 23.6 Å². The molecular weight excluding hydrogens is 236 g/mol. The smallest absolute Gasteiger partial charge is 0.253 e. The molecule has 3 rings (SSSR count). The second kappa shape index (κ2) is 5.33.